The topological polar surface area (TPSA) is 228 Å². The first kappa shape index (κ1) is 63.5. The smallest absolute Gasteiger partial charge is 0.220 e. The van der Waals surface area contributed by atoms with E-state index in [0.717, 1.165) is 70.6 Å². The zero-order valence-electron chi connectivity index (χ0n) is 42.7. The van der Waals surface area contributed by atoms with Crippen LogP contribution < -0.4 is 5.32 Å². The van der Waals surface area contributed by atoms with Gasteiger partial charge in [-0.2, -0.15) is 0 Å². The fraction of sp³-hybridized carbons (Fsp3) is 0.632. The maximum atomic E-state index is 13.2. The molecule has 2 rings (SSSR count). The van der Waals surface area contributed by atoms with E-state index in [0.29, 0.717) is 19.3 Å². The number of rotatable bonds is 38. The molecule has 2 aliphatic rings. The van der Waals surface area contributed by atoms with Crippen LogP contribution in [-0.2, 0) is 23.7 Å². The van der Waals surface area contributed by atoms with Crippen LogP contribution in [0.3, 0.4) is 0 Å². The number of amides is 1. The Labute approximate surface area is 425 Å². The van der Waals surface area contributed by atoms with Crippen LogP contribution in [0.1, 0.15) is 136 Å². The summed E-state index contributed by atoms with van der Waals surface area (Å²) >= 11 is 0. The fourth-order valence-electron chi connectivity index (χ4n) is 7.60. The van der Waals surface area contributed by atoms with Crippen molar-refractivity contribution in [2.24, 2.45) is 0 Å². The van der Waals surface area contributed by atoms with Crippen LogP contribution in [0.2, 0.25) is 0 Å². The van der Waals surface area contributed by atoms with E-state index in [1.165, 1.54) is 25.7 Å². The SMILES string of the molecule is CC/C=C\C/C=C\C/C=C\C/C=C\C/C=C\C/C=C\C/C=C\CCCC(=O)NC(COC1OC(CO)C(OC2OC(CO)C(O)C(O)C2O)C(O)C1O)C(O)/C=C/CC/C=C/CC/C=C/CCCCCC. The maximum Gasteiger partial charge on any atom is 0.220 e. The number of unbranched alkanes of at least 4 members (excludes halogenated alkanes) is 7. The van der Waals surface area contributed by atoms with Gasteiger partial charge in [-0.1, -0.05) is 155 Å². The second-order valence-electron chi connectivity index (χ2n) is 17.9. The van der Waals surface area contributed by atoms with Crippen LogP contribution in [0, 0.1) is 0 Å². The van der Waals surface area contributed by atoms with E-state index in [4.69, 9.17) is 18.9 Å². The van der Waals surface area contributed by atoms with Crippen molar-refractivity contribution >= 4 is 5.91 Å². The molecule has 0 aromatic rings. The minimum Gasteiger partial charge on any atom is -0.394 e. The summed E-state index contributed by atoms with van der Waals surface area (Å²) in [5, 5.41) is 86.7. The van der Waals surface area contributed by atoms with Gasteiger partial charge in [-0.15, -0.1) is 0 Å². The standard InChI is InChI=1S/C57H91NO13/c1-3-5-7-9-11-13-15-17-19-20-21-22-23-24-25-26-27-29-31-33-35-37-39-41-49(62)58-45(46(61)40-38-36-34-32-30-28-18-16-14-12-10-8-6-4-2)44-68-56-54(67)52(65)55(48(43-60)70-56)71-57-53(66)51(64)50(63)47(42-59)69-57/h5,7,11,13-14,16-17,19,21-22,24-25,27,29-30,32-33,35,38,40,45-48,50-57,59-61,63-67H,3-4,6,8-10,12,15,18,20,23,26,28,31,34,36-37,39,41-44H2,1-2H3,(H,58,62)/b7-5-,13-11-,16-14+,19-17-,22-21-,25-24-,29-27-,32-30+,35-33-,40-38+. The number of allylic oxidation sites excluding steroid dienone is 19. The number of hydrogen-bond acceptors (Lipinski definition) is 13. The van der Waals surface area contributed by atoms with Crippen LogP contribution in [0.15, 0.2) is 122 Å². The molecule has 0 bridgehead atoms. The van der Waals surface area contributed by atoms with Gasteiger partial charge in [-0.05, 0) is 96.3 Å². The van der Waals surface area contributed by atoms with Crippen molar-refractivity contribution in [3.8, 4) is 0 Å². The van der Waals surface area contributed by atoms with Crippen molar-refractivity contribution in [1.29, 1.82) is 0 Å². The molecule has 9 N–H and O–H groups in total. The second kappa shape index (κ2) is 41.8. The Balaban J connectivity index is 1.87. The van der Waals surface area contributed by atoms with Gasteiger partial charge in [0.1, 0.15) is 48.8 Å². The molecule has 2 saturated heterocycles. The number of aliphatic hydroxyl groups excluding tert-OH is 8. The van der Waals surface area contributed by atoms with E-state index in [1.807, 2.05) is 12.2 Å². The number of ether oxygens (including phenoxy) is 4. The largest absolute Gasteiger partial charge is 0.394 e. The first-order chi connectivity index (χ1) is 34.6. The molecule has 2 aliphatic heterocycles. The van der Waals surface area contributed by atoms with Crippen LogP contribution in [-0.4, -0.2) is 140 Å². The van der Waals surface area contributed by atoms with Gasteiger partial charge in [0.2, 0.25) is 5.91 Å². The molecule has 14 heteroatoms. The van der Waals surface area contributed by atoms with E-state index in [1.54, 1.807) is 6.08 Å². The highest BCUT2D eigenvalue weighted by atomic mass is 16.7. The molecule has 14 nitrogen and oxygen atoms in total. The first-order valence-electron chi connectivity index (χ1n) is 26.3. The van der Waals surface area contributed by atoms with Gasteiger partial charge in [0, 0.05) is 6.42 Å². The minimum absolute atomic E-state index is 0.181. The average Bonchev–Trinajstić information content (AvgIpc) is 3.37. The molecule has 0 spiro atoms. The van der Waals surface area contributed by atoms with Gasteiger partial charge in [-0.3, -0.25) is 4.79 Å². The predicted molar refractivity (Wildman–Crippen MR) is 281 cm³/mol. The quantitative estimate of drug-likeness (QED) is 0.0216. The average molecular weight is 998 g/mol. The lowest BCUT2D eigenvalue weighted by molar-refractivity contribution is -0.359. The third-order valence-electron chi connectivity index (χ3n) is 11.9. The van der Waals surface area contributed by atoms with E-state index in [2.05, 4.69) is 122 Å². The van der Waals surface area contributed by atoms with Gasteiger partial charge in [0.15, 0.2) is 12.6 Å². The fourth-order valence-corrected chi connectivity index (χ4v) is 7.60. The number of carbonyl (C=O) groups is 1. The van der Waals surface area contributed by atoms with Crippen molar-refractivity contribution < 1.29 is 64.6 Å². The molecule has 0 aromatic carbocycles. The molecular weight excluding hydrogens is 907 g/mol. The Hall–Kier alpha value is -3.61. The highest BCUT2D eigenvalue weighted by Gasteiger charge is 2.51. The third kappa shape index (κ3) is 28.4. The summed E-state index contributed by atoms with van der Waals surface area (Å²) < 4.78 is 22.6. The first-order valence-corrected chi connectivity index (χ1v) is 26.3. The summed E-state index contributed by atoms with van der Waals surface area (Å²) in [6.07, 6.45) is 42.4. The predicted octanol–water partition coefficient (Wildman–Crippen LogP) is 7.49. The summed E-state index contributed by atoms with van der Waals surface area (Å²) in [5.41, 5.74) is 0. The zero-order valence-corrected chi connectivity index (χ0v) is 42.7. The molecule has 0 saturated carbocycles. The minimum atomic E-state index is -1.80. The lowest BCUT2D eigenvalue weighted by Gasteiger charge is -2.46. The van der Waals surface area contributed by atoms with Crippen molar-refractivity contribution in [3.05, 3.63) is 122 Å². The summed E-state index contributed by atoms with van der Waals surface area (Å²) in [6, 6.07) is -0.977. The normalized spacial score (nSPS) is 26.8. The van der Waals surface area contributed by atoms with Gasteiger partial charge >= 0.3 is 0 Å². The Bertz CT molecular complexity index is 1650. The van der Waals surface area contributed by atoms with Crippen molar-refractivity contribution in [1.82, 2.24) is 5.32 Å². The van der Waals surface area contributed by atoms with E-state index in [-0.39, 0.29) is 18.9 Å². The van der Waals surface area contributed by atoms with Gasteiger partial charge in [0.05, 0.1) is 32.0 Å². The van der Waals surface area contributed by atoms with Gasteiger partial charge in [-0.25, -0.2) is 0 Å². The molecule has 12 atom stereocenters. The highest BCUT2D eigenvalue weighted by molar-refractivity contribution is 5.76. The Morgan fingerprint density at radius 1 is 0.521 bits per heavy atom. The van der Waals surface area contributed by atoms with Gasteiger partial charge < -0.3 is 65.1 Å². The zero-order chi connectivity index (χ0) is 51.7. The molecule has 0 aliphatic carbocycles. The number of aliphatic hydroxyl groups is 8. The monoisotopic (exact) mass is 998 g/mol. The van der Waals surface area contributed by atoms with Crippen molar-refractivity contribution in [3.63, 3.8) is 0 Å². The molecule has 0 aromatic heterocycles. The summed E-state index contributed by atoms with van der Waals surface area (Å²) in [4.78, 5) is 13.2. The highest BCUT2D eigenvalue weighted by Crippen LogP contribution is 2.30. The molecule has 402 valence electrons. The van der Waals surface area contributed by atoms with Crippen molar-refractivity contribution in [2.45, 2.75) is 209 Å². The summed E-state index contributed by atoms with van der Waals surface area (Å²) in [7, 11) is 0. The summed E-state index contributed by atoms with van der Waals surface area (Å²) in [6.45, 7) is 2.55. The maximum absolute atomic E-state index is 13.2. The second-order valence-corrected chi connectivity index (χ2v) is 17.9. The Morgan fingerprint density at radius 3 is 1.52 bits per heavy atom. The summed E-state index contributed by atoms with van der Waals surface area (Å²) in [5.74, 6) is -0.319. The van der Waals surface area contributed by atoms with E-state index < -0.39 is 86.8 Å². The van der Waals surface area contributed by atoms with Crippen LogP contribution in [0.5, 0.6) is 0 Å². The molecule has 12 unspecified atom stereocenters. The molecule has 2 heterocycles. The van der Waals surface area contributed by atoms with Crippen molar-refractivity contribution in [2.75, 3.05) is 19.8 Å². The molecule has 2 fully saturated rings. The van der Waals surface area contributed by atoms with Crippen LogP contribution in [0.25, 0.3) is 0 Å². The van der Waals surface area contributed by atoms with Gasteiger partial charge in [0.25, 0.3) is 0 Å². The number of hydrogen-bond donors (Lipinski definition) is 9. The van der Waals surface area contributed by atoms with Crippen LogP contribution >= 0.6 is 0 Å². The lowest BCUT2D eigenvalue weighted by Crippen LogP contribution is -2.65. The van der Waals surface area contributed by atoms with E-state index >= 15 is 0 Å². The molecule has 1 amide bonds. The van der Waals surface area contributed by atoms with E-state index in [9.17, 15) is 45.6 Å². The third-order valence-corrected chi connectivity index (χ3v) is 11.9. The van der Waals surface area contributed by atoms with Crippen LogP contribution in [0.4, 0.5) is 0 Å². The number of nitrogens with one attached hydrogen (secondary N) is 1. The Kier molecular flexibility index (Phi) is 37.4. The number of carbonyl (C=O) groups excluding carboxylic acids is 1. The lowest BCUT2D eigenvalue weighted by atomic mass is 9.97. The molecule has 0 radical (unpaired) electrons. The molecular formula is C57H91NO13. The Morgan fingerprint density at radius 2 is 0.986 bits per heavy atom. The molecule has 71 heavy (non-hydrogen) atoms.